The molecule has 18 heavy (non-hydrogen) atoms. The Balaban J connectivity index is 2.56. The Hall–Kier alpha value is -1.30. The molecule has 0 saturated heterocycles. The molecular formula is C12H18FN3OS. The van der Waals surface area contributed by atoms with Crippen molar-refractivity contribution in [1.29, 1.82) is 0 Å². The van der Waals surface area contributed by atoms with E-state index in [0.29, 0.717) is 0 Å². The molecule has 0 spiro atoms. The topological polar surface area (TPSA) is 68.0 Å². The van der Waals surface area contributed by atoms with Crippen molar-refractivity contribution >= 4 is 23.5 Å². The largest absolute Gasteiger partial charge is 0.383 e. The van der Waals surface area contributed by atoms with Crippen LogP contribution in [0.2, 0.25) is 0 Å². The number of anilines is 1. The van der Waals surface area contributed by atoms with Crippen molar-refractivity contribution < 1.29 is 9.18 Å². The number of carbonyl (C=O) groups excluding carboxylic acids is 1. The molecule has 0 aliphatic rings. The number of hydrogen-bond donors (Lipinski definition) is 2. The summed E-state index contributed by atoms with van der Waals surface area (Å²) in [6.45, 7) is 4.00. The maximum Gasteiger partial charge on any atom is 0.255 e. The summed E-state index contributed by atoms with van der Waals surface area (Å²) in [6.07, 6.45) is 1.86. The first kappa shape index (κ1) is 14.8. The van der Waals surface area contributed by atoms with E-state index >= 15 is 0 Å². The first-order valence-corrected chi connectivity index (χ1v) is 6.99. The molecular weight excluding hydrogens is 253 g/mol. The van der Waals surface area contributed by atoms with Crippen LogP contribution in [0.25, 0.3) is 0 Å². The average Bonchev–Trinajstić information content (AvgIpc) is 2.32. The second kappa shape index (κ2) is 7.20. The molecule has 0 fully saturated rings. The molecule has 1 unspecified atom stereocenters. The van der Waals surface area contributed by atoms with E-state index in [9.17, 15) is 9.18 Å². The van der Waals surface area contributed by atoms with Crippen LogP contribution < -0.4 is 11.1 Å². The number of nitrogens with one attached hydrogen (secondary N) is 1. The van der Waals surface area contributed by atoms with Crippen molar-refractivity contribution in [2.45, 2.75) is 26.3 Å². The summed E-state index contributed by atoms with van der Waals surface area (Å²) in [5, 5.41) is 2.78. The first-order valence-electron chi connectivity index (χ1n) is 5.84. The van der Waals surface area contributed by atoms with Crippen molar-refractivity contribution in [3.63, 3.8) is 0 Å². The number of pyridine rings is 1. The lowest BCUT2D eigenvalue weighted by Gasteiger charge is -2.14. The predicted molar refractivity (Wildman–Crippen MR) is 73.2 cm³/mol. The van der Waals surface area contributed by atoms with Crippen molar-refractivity contribution in [2.75, 3.05) is 17.2 Å². The summed E-state index contributed by atoms with van der Waals surface area (Å²) in [6, 6.07) is 1.13. The zero-order valence-electron chi connectivity index (χ0n) is 10.6. The van der Waals surface area contributed by atoms with Gasteiger partial charge in [-0.1, -0.05) is 6.92 Å². The molecule has 1 amide bonds. The van der Waals surface area contributed by atoms with Gasteiger partial charge in [-0.3, -0.25) is 4.79 Å². The van der Waals surface area contributed by atoms with Gasteiger partial charge in [-0.05, 0) is 30.9 Å². The van der Waals surface area contributed by atoms with Crippen LogP contribution in [-0.2, 0) is 0 Å². The quantitative estimate of drug-likeness (QED) is 0.777. The smallest absolute Gasteiger partial charge is 0.255 e. The number of hydrogen-bond acceptors (Lipinski definition) is 4. The van der Waals surface area contributed by atoms with Gasteiger partial charge in [0.25, 0.3) is 5.91 Å². The maximum atomic E-state index is 13.0. The van der Waals surface area contributed by atoms with Gasteiger partial charge in [0.05, 0.1) is 11.8 Å². The number of nitrogens with two attached hydrogens (primary N) is 1. The molecule has 1 aromatic heterocycles. The molecule has 0 aliphatic carbocycles. The minimum absolute atomic E-state index is 0.0271. The summed E-state index contributed by atoms with van der Waals surface area (Å²) in [4.78, 5) is 15.5. The Morgan fingerprint density at radius 2 is 2.39 bits per heavy atom. The van der Waals surface area contributed by atoms with Crippen LogP contribution in [0.5, 0.6) is 0 Å². The number of rotatable bonds is 6. The Kier molecular flexibility index (Phi) is 5.91. The highest BCUT2D eigenvalue weighted by Gasteiger charge is 2.14. The molecule has 100 valence electrons. The molecule has 0 radical (unpaired) electrons. The minimum Gasteiger partial charge on any atom is -0.383 e. The number of amides is 1. The van der Waals surface area contributed by atoms with Gasteiger partial charge in [-0.25, -0.2) is 9.37 Å². The maximum absolute atomic E-state index is 13.0. The van der Waals surface area contributed by atoms with Gasteiger partial charge >= 0.3 is 0 Å². The molecule has 0 saturated carbocycles. The van der Waals surface area contributed by atoms with Gasteiger partial charge in [0.15, 0.2) is 0 Å². The molecule has 1 atom stereocenters. The van der Waals surface area contributed by atoms with Crippen LogP contribution in [0.15, 0.2) is 12.3 Å². The normalized spacial score (nSPS) is 12.2. The lowest BCUT2D eigenvalue weighted by Crippen LogP contribution is -2.33. The first-order chi connectivity index (χ1) is 8.54. The minimum atomic E-state index is -0.566. The van der Waals surface area contributed by atoms with Crippen molar-refractivity contribution in [3.8, 4) is 0 Å². The summed E-state index contributed by atoms with van der Waals surface area (Å²) in [5.41, 5.74) is 5.63. The zero-order chi connectivity index (χ0) is 13.5. The molecule has 1 rings (SSSR count). The van der Waals surface area contributed by atoms with Crippen LogP contribution in [0.3, 0.4) is 0 Å². The number of halogens is 1. The Bertz CT molecular complexity index is 414. The van der Waals surface area contributed by atoms with E-state index in [1.54, 1.807) is 0 Å². The third kappa shape index (κ3) is 4.52. The second-order valence-electron chi connectivity index (χ2n) is 3.95. The standard InChI is InChI=1S/C12H18FN3OS/c1-3-18-5-4-8(2)16-12(17)10-6-9(13)7-15-11(10)14/h6-8H,3-5H2,1-2H3,(H2,14,15)(H,16,17). The summed E-state index contributed by atoms with van der Waals surface area (Å²) in [7, 11) is 0. The van der Waals surface area contributed by atoms with Gasteiger partial charge in [-0.15, -0.1) is 0 Å². The summed E-state index contributed by atoms with van der Waals surface area (Å²) in [5.74, 6) is 1.14. The van der Waals surface area contributed by atoms with Crippen molar-refractivity contribution in [3.05, 3.63) is 23.6 Å². The van der Waals surface area contributed by atoms with Gasteiger partial charge in [-0.2, -0.15) is 11.8 Å². The second-order valence-corrected chi connectivity index (χ2v) is 5.34. The van der Waals surface area contributed by atoms with Crippen LogP contribution in [0.1, 0.15) is 30.6 Å². The number of nitrogens with zero attached hydrogens (tertiary/aromatic N) is 1. The van der Waals surface area contributed by atoms with E-state index in [1.165, 1.54) is 0 Å². The Labute approximate surface area is 111 Å². The predicted octanol–water partition coefficient (Wildman–Crippen LogP) is 2.06. The monoisotopic (exact) mass is 271 g/mol. The Morgan fingerprint density at radius 1 is 1.67 bits per heavy atom. The highest BCUT2D eigenvalue weighted by Crippen LogP contribution is 2.11. The molecule has 3 N–H and O–H groups in total. The molecule has 6 heteroatoms. The van der Waals surface area contributed by atoms with Crippen LogP contribution in [0.4, 0.5) is 10.2 Å². The van der Waals surface area contributed by atoms with Crippen LogP contribution in [-0.4, -0.2) is 28.4 Å². The lowest BCUT2D eigenvalue weighted by atomic mass is 10.2. The third-order valence-corrected chi connectivity index (χ3v) is 3.34. The molecule has 4 nitrogen and oxygen atoms in total. The molecule has 0 aromatic carbocycles. The summed E-state index contributed by atoms with van der Waals surface area (Å²) < 4.78 is 13.0. The number of aromatic nitrogens is 1. The van der Waals surface area contributed by atoms with Crippen LogP contribution in [0, 0.1) is 5.82 Å². The van der Waals surface area contributed by atoms with Crippen molar-refractivity contribution in [1.82, 2.24) is 10.3 Å². The van der Waals surface area contributed by atoms with E-state index < -0.39 is 5.82 Å². The number of thioether (sulfide) groups is 1. The van der Waals surface area contributed by atoms with E-state index in [4.69, 9.17) is 5.73 Å². The molecule has 0 bridgehead atoms. The number of carbonyl (C=O) groups is 1. The van der Waals surface area contributed by atoms with E-state index in [2.05, 4.69) is 17.2 Å². The molecule has 1 heterocycles. The highest BCUT2D eigenvalue weighted by atomic mass is 32.2. The van der Waals surface area contributed by atoms with Gasteiger partial charge in [0.1, 0.15) is 11.6 Å². The fraction of sp³-hybridized carbons (Fsp3) is 0.500. The van der Waals surface area contributed by atoms with Gasteiger partial charge < -0.3 is 11.1 Å². The highest BCUT2D eigenvalue weighted by molar-refractivity contribution is 7.99. The molecule has 1 aromatic rings. The fourth-order valence-corrected chi connectivity index (χ4v) is 2.22. The number of nitrogen functional groups attached to an aromatic ring is 1. The van der Waals surface area contributed by atoms with E-state index in [0.717, 1.165) is 30.2 Å². The van der Waals surface area contributed by atoms with Gasteiger partial charge in [0, 0.05) is 6.04 Å². The zero-order valence-corrected chi connectivity index (χ0v) is 11.4. The van der Waals surface area contributed by atoms with E-state index in [1.807, 2.05) is 18.7 Å². The van der Waals surface area contributed by atoms with Crippen molar-refractivity contribution in [2.24, 2.45) is 0 Å². The fourth-order valence-electron chi connectivity index (χ4n) is 1.41. The van der Waals surface area contributed by atoms with Gasteiger partial charge in [0.2, 0.25) is 0 Å². The Morgan fingerprint density at radius 3 is 3.06 bits per heavy atom. The molecule has 0 aliphatic heterocycles. The van der Waals surface area contributed by atoms with Crippen LogP contribution >= 0.6 is 11.8 Å². The SMILES string of the molecule is CCSCCC(C)NC(=O)c1cc(F)cnc1N. The average molecular weight is 271 g/mol. The summed E-state index contributed by atoms with van der Waals surface area (Å²) >= 11 is 1.82. The van der Waals surface area contributed by atoms with E-state index in [-0.39, 0.29) is 23.3 Å². The lowest BCUT2D eigenvalue weighted by molar-refractivity contribution is 0.0939. The third-order valence-electron chi connectivity index (χ3n) is 2.41.